The van der Waals surface area contributed by atoms with Crippen LogP contribution in [0.15, 0.2) is 62.2 Å². The normalized spacial score (nSPS) is 16.5. The highest BCUT2D eigenvalue weighted by Gasteiger charge is 2.42. The van der Waals surface area contributed by atoms with Crippen LogP contribution in [0.4, 0.5) is 0 Å². The maximum atomic E-state index is 13.1. The van der Waals surface area contributed by atoms with Gasteiger partial charge in [-0.15, -0.1) is 0 Å². The van der Waals surface area contributed by atoms with E-state index in [-0.39, 0.29) is 30.2 Å². The molecule has 0 aliphatic carbocycles. The first-order valence-corrected chi connectivity index (χ1v) is 8.64. The van der Waals surface area contributed by atoms with Crippen molar-refractivity contribution in [1.82, 2.24) is 4.90 Å². The molecule has 1 N–H and O–H groups in total. The Hall–Kier alpha value is -2.44. The van der Waals surface area contributed by atoms with Gasteiger partial charge in [-0.1, -0.05) is 46.3 Å². The summed E-state index contributed by atoms with van der Waals surface area (Å²) in [5.74, 6) is -0.318. The largest absolute Gasteiger partial charge is 0.450 e. The van der Waals surface area contributed by atoms with Gasteiger partial charge in [-0.25, -0.2) is 0 Å². The minimum Gasteiger partial charge on any atom is -0.450 e. The highest BCUT2D eigenvalue weighted by atomic mass is 79.9. The number of amides is 1. The number of hydrogen-bond acceptors (Lipinski definition) is 4. The lowest BCUT2D eigenvalue weighted by Crippen LogP contribution is -2.32. The number of carbonyl (C=O) groups excluding carboxylic acids is 1. The average molecular weight is 400 g/mol. The highest BCUT2D eigenvalue weighted by molar-refractivity contribution is 9.10. The molecule has 3 aromatic rings. The van der Waals surface area contributed by atoms with Gasteiger partial charge in [0, 0.05) is 11.0 Å². The van der Waals surface area contributed by atoms with Gasteiger partial charge in [0.25, 0.3) is 5.91 Å². The summed E-state index contributed by atoms with van der Waals surface area (Å²) in [4.78, 5) is 27.4. The fourth-order valence-electron chi connectivity index (χ4n) is 3.31. The Labute approximate surface area is 151 Å². The van der Waals surface area contributed by atoms with Gasteiger partial charge >= 0.3 is 0 Å². The van der Waals surface area contributed by atoms with Crippen LogP contribution in [0.2, 0.25) is 0 Å². The number of fused-ring (bicyclic) bond motifs is 2. The second kappa shape index (κ2) is 6.13. The molecule has 6 heteroatoms. The zero-order valence-electron chi connectivity index (χ0n) is 13.1. The first-order chi connectivity index (χ1) is 12.1. The number of aliphatic hydroxyl groups excluding tert-OH is 1. The van der Waals surface area contributed by atoms with Gasteiger partial charge < -0.3 is 14.4 Å². The van der Waals surface area contributed by atoms with Crippen LogP contribution in [-0.4, -0.2) is 29.1 Å². The summed E-state index contributed by atoms with van der Waals surface area (Å²) in [6.07, 6.45) is 0. The molecular weight excluding hydrogens is 386 g/mol. The number of hydrogen-bond donors (Lipinski definition) is 1. The zero-order chi connectivity index (χ0) is 17.6. The van der Waals surface area contributed by atoms with Crippen molar-refractivity contribution in [2.24, 2.45) is 0 Å². The molecule has 0 spiro atoms. The Balaban J connectivity index is 2.03. The van der Waals surface area contributed by atoms with Crippen LogP contribution in [0.3, 0.4) is 0 Å². The van der Waals surface area contributed by atoms with E-state index in [0.29, 0.717) is 16.5 Å². The van der Waals surface area contributed by atoms with Crippen LogP contribution >= 0.6 is 15.9 Å². The summed E-state index contributed by atoms with van der Waals surface area (Å²) in [6, 6.07) is 13.9. The monoisotopic (exact) mass is 399 g/mol. The van der Waals surface area contributed by atoms with E-state index in [9.17, 15) is 14.7 Å². The van der Waals surface area contributed by atoms with Crippen molar-refractivity contribution in [3.63, 3.8) is 0 Å². The molecule has 0 radical (unpaired) electrons. The number of nitrogens with zero attached hydrogens (tertiary/aromatic N) is 1. The van der Waals surface area contributed by atoms with E-state index in [1.165, 1.54) is 4.90 Å². The third kappa shape index (κ3) is 2.49. The third-order valence-electron chi connectivity index (χ3n) is 4.38. The molecular formula is C19H14BrNO4. The summed E-state index contributed by atoms with van der Waals surface area (Å²) < 4.78 is 6.55. The van der Waals surface area contributed by atoms with Crippen LogP contribution in [0, 0.1) is 0 Å². The Kier molecular flexibility index (Phi) is 3.94. The Morgan fingerprint density at radius 3 is 2.60 bits per heavy atom. The van der Waals surface area contributed by atoms with E-state index >= 15 is 0 Å². The lowest BCUT2D eigenvalue weighted by atomic mass is 9.98. The molecule has 0 bridgehead atoms. The quantitative estimate of drug-likeness (QED) is 0.734. The molecule has 5 nitrogen and oxygen atoms in total. The van der Waals surface area contributed by atoms with Gasteiger partial charge in [0.1, 0.15) is 5.58 Å². The molecule has 1 aromatic heterocycles. The minimum absolute atomic E-state index is 0.0575. The molecule has 0 fully saturated rings. The number of rotatable bonds is 3. The van der Waals surface area contributed by atoms with Crippen molar-refractivity contribution in [3.05, 3.63) is 80.1 Å². The number of halogens is 1. The summed E-state index contributed by atoms with van der Waals surface area (Å²) in [5, 5.41) is 9.80. The lowest BCUT2D eigenvalue weighted by molar-refractivity contribution is 0.0691. The van der Waals surface area contributed by atoms with E-state index in [0.717, 1.165) is 10.0 Å². The van der Waals surface area contributed by atoms with E-state index in [1.54, 1.807) is 18.2 Å². The number of β-amino-alcohol motifs (C(OH)–C–C–N with tert-alkyl or cyclic N) is 1. The van der Waals surface area contributed by atoms with Gasteiger partial charge in [0.2, 0.25) is 5.76 Å². The predicted octanol–water partition coefficient (Wildman–Crippen LogP) is 3.09. The van der Waals surface area contributed by atoms with Crippen LogP contribution in [0.1, 0.15) is 27.7 Å². The fourth-order valence-corrected chi connectivity index (χ4v) is 3.67. The van der Waals surface area contributed by atoms with Crippen molar-refractivity contribution in [3.8, 4) is 0 Å². The van der Waals surface area contributed by atoms with Gasteiger partial charge in [-0.05, 0) is 23.8 Å². The minimum atomic E-state index is -0.560. The topological polar surface area (TPSA) is 70.8 Å². The Bertz CT molecular complexity index is 1030. The van der Waals surface area contributed by atoms with Crippen molar-refractivity contribution >= 4 is 32.8 Å². The summed E-state index contributed by atoms with van der Waals surface area (Å²) in [6.45, 7) is -0.0651. The van der Waals surface area contributed by atoms with Gasteiger partial charge in [-0.2, -0.15) is 0 Å². The maximum absolute atomic E-state index is 13.1. The molecule has 1 amide bonds. The summed E-state index contributed by atoms with van der Waals surface area (Å²) in [7, 11) is 0. The molecule has 25 heavy (non-hydrogen) atoms. The van der Waals surface area contributed by atoms with Gasteiger partial charge in [0.15, 0.2) is 5.43 Å². The highest BCUT2D eigenvalue weighted by Crippen LogP contribution is 2.37. The number of carbonyl (C=O) groups is 1. The number of benzene rings is 2. The van der Waals surface area contributed by atoms with Crippen LogP contribution < -0.4 is 5.43 Å². The second-order valence-corrected chi connectivity index (χ2v) is 6.77. The predicted molar refractivity (Wildman–Crippen MR) is 96.6 cm³/mol. The molecule has 0 saturated heterocycles. The Morgan fingerprint density at radius 2 is 1.88 bits per heavy atom. The standard InChI is InChI=1S/C19H14BrNO4/c20-12-6-7-14-13(10-12)17(23)15-16(11-4-2-1-3-5-11)21(8-9-22)19(24)18(15)25-14/h1-7,10,16,22H,8-9H2. The smallest absolute Gasteiger partial charge is 0.290 e. The molecule has 126 valence electrons. The van der Waals surface area contributed by atoms with Gasteiger partial charge in [-0.3, -0.25) is 9.59 Å². The van der Waals surface area contributed by atoms with Crippen LogP contribution in [-0.2, 0) is 0 Å². The lowest BCUT2D eigenvalue weighted by Gasteiger charge is -2.24. The molecule has 4 rings (SSSR count). The van der Waals surface area contributed by atoms with E-state index in [1.807, 2.05) is 30.3 Å². The molecule has 1 aliphatic rings. The molecule has 1 aliphatic heterocycles. The summed E-state index contributed by atoms with van der Waals surface area (Å²) >= 11 is 3.36. The Morgan fingerprint density at radius 1 is 1.12 bits per heavy atom. The SMILES string of the molecule is O=C1c2oc3ccc(Br)cc3c(=O)c2C(c2ccccc2)N1CCO. The fraction of sp³-hybridized carbons (Fsp3) is 0.158. The maximum Gasteiger partial charge on any atom is 0.290 e. The van der Waals surface area contributed by atoms with Crippen LogP contribution in [0.5, 0.6) is 0 Å². The van der Waals surface area contributed by atoms with Crippen LogP contribution in [0.25, 0.3) is 11.0 Å². The molecule has 2 aromatic carbocycles. The van der Waals surface area contributed by atoms with Gasteiger partial charge in [0.05, 0.1) is 23.6 Å². The van der Waals surface area contributed by atoms with E-state index in [4.69, 9.17) is 4.42 Å². The summed E-state index contributed by atoms with van der Waals surface area (Å²) in [5.41, 5.74) is 1.29. The molecule has 0 saturated carbocycles. The second-order valence-electron chi connectivity index (χ2n) is 5.85. The first-order valence-electron chi connectivity index (χ1n) is 7.85. The number of aliphatic hydroxyl groups is 1. The average Bonchev–Trinajstić information content (AvgIpc) is 2.90. The van der Waals surface area contributed by atoms with E-state index < -0.39 is 6.04 Å². The van der Waals surface area contributed by atoms with Crippen molar-refractivity contribution in [1.29, 1.82) is 0 Å². The van der Waals surface area contributed by atoms with E-state index in [2.05, 4.69) is 15.9 Å². The first kappa shape index (κ1) is 16.1. The third-order valence-corrected chi connectivity index (χ3v) is 4.88. The molecule has 1 atom stereocenters. The molecule has 1 unspecified atom stereocenters. The molecule has 2 heterocycles. The zero-order valence-corrected chi connectivity index (χ0v) is 14.7. The van der Waals surface area contributed by atoms with Crippen molar-refractivity contribution < 1.29 is 14.3 Å². The van der Waals surface area contributed by atoms with Crippen molar-refractivity contribution in [2.45, 2.75) is 6.04 Å². The van der Waals surface area contributed by atoms with Crippen molar-refractivity contribution in [2.75, 3.05) is 13.2 Å².